The number of nitrogens with one attached hydrogen (secondary N) is 2. The van der Waals surface area contributed by atoms with Gasteiger partial charge in [0.25, 0.3) is 5.56 Å². The Morgan fingerprint density at radius 3 is 2.66 bits per heavy atom. The van der Waals surface area contributed by atoms with Crippen LogP contribution in [-0.4, -0.2) is 43.5 Å². The van der Waals surface area contributed by atoms with Crippen molar-refractivity contribution in [2.75, 3.05) is 17.9 Å². The fourth-order valence-electron chi connectivity index (χ4n) is 6.56. The number of hydrogen-bond donors (Lipinski definition) is 2. The van der Waals surface area contributed by atoms with Gasteiger partial charge in [-0.1, -0.05) is 26.8 Å². The van der Waals surface area contributed by atoms with Gasteiger partial charge >= 0.3 is 0 Å². The summed E-state index contributed by atoms with van der Waals surface area (Å²) in [6.07, 6.45) is 7.35. The first-order valence-corrected chi connectivity index (χ1v) is 14.0. The Hall–Kier alpha value is -4.28. The normalized spacial score (nSPS) is 23.2. The Bertz CT molecular complexity index is 1650. The monoisotopic (exact) mass is 558 g/mol. The molecule has 0 radical (unpaired) electrons. The number of aromatic nitrogens is 5. The number of halogens is 1. The lowest BCUT2D eigenvalue weighted by Crippen LogP contribution is -2.56. The zero-order chi connectivity index (χ0) is 28.7. The number of hydrogen-bond acceptors (Lipinski definition) is 6. The highest BCUT2D eigenvalue weighted by Crippen LogP contribution is 2.61. The van der Waals surface area contributed by atoms with Crippen molar-refractivity contribution in [2.45, 2.75) is 52.6 Å². The smallest absolute Gasteiger partial charge is 0.261 e. The zero-order valence-corrected chi connectivity index (χ0v) is 23.7. The molecular formula is C30H35FN8O2. The van der Waals surface area contributed by atoms with Crippen molar-refractivity contribution in [3.8, 4) is 5.75 Å². The summed E-state index contributed by atoms with van der Waals surface area (Å²) < 4.78 is 22.6. The fourth-order valence-corrected chi connectivity index (χ4v) is 6.56. The van der Waals surface area contributed by atoms with E-state index in [-0.39, 0.29) is 17.4 Å². The molecule has 0 aliphatic heterocycles. The molecule has 3 aliphatic rings. The van der Waals surface area contributed by atoms with Crippen LogP contribution in [0.15, 0.2) is 65.2 Å². The lowest BCUT2D eigenvalue weighted by atomic mass is 9.45. The highest BCUT2D eigenvalue weighted by molar-refractivity contribution is 6.00. The van der Waals surface area contributed by atoms with Crippen molar-refractivity contribution in [1.29, 1.82) is 0 Å². The van der Waals surface area contributed by atoms with Gasteiger partial charge in [-0.25, -0.2) is 19.0 Å². The Kier molecular flexibility index (Phi) is 6.96. The molecule has 2 bridgehead atoms. The molecule has 214 valence electrons. The standard InChI is InChI=1S/C30H35FN8O2/c1-18-24-11-20(30(24,2)3)12-26(18)36-29(37-39-16-33-34-17-39)35-21-6-8-23-27(13-21)32-15-38(28(23)40)10-9-19-5-7-22(41-4)14-25(19)31/h5-8,13-18,20,24,26H,9-12H2,1-4H3,(H2,35,36,37)/t18-,20-,24+,26-/m0/s1. The van der Waals surface area contributed by atoms with Gasteiger partial charge in [-0.2, -0.15) is 0 Å². The lowest BCUT2D eigenvalue weighted by Gasteiger charge is -2.61. The summed E-state index contributed by atoms with van der Waals surface area (Å²) in [5, 5.41) is 11.6. The molecule has 0 spiro atoms. The molecule has 10 nitrogen and oxygen atoms in total. The number of fused-ring (bicyclic) bond motifs is 3. The van der Waals surface area contributed by atoms with E-state index in [1.807, 2.05) is 12.1 Å². The van der Waals surface area contributed by atoms with Crippen LogP contribution in [0.5, 0.6) is 5.75 Å². The van der Waals surface area contributed by atoms with E-state index in [9.17, 15) is 9.18 Å². The molecule has 3 fully saturated rings. The molecule has 7 rings (SSSR count). The summed E-state index contributed by atoms with van der Waals surface area (Å²) in [5.74, 6) is 2.50. The van der Waals surface area contributed by atoms with E-state index in [1.54, 1.807) is 35.5 Å². The Balaban J connectivity index is 1.21. The van der Waals surface area contributed by atoms with Gasteiger partial charge in [0.1, 0.15) is 24.2 Å². The Morgan fingerprint density at radius 1 is 1.15 bits per heavy atom. The van der Waals surface area contributed by atoms with Crippen molar-refractivity contribution in [3.63, 3.8) is 0 Å². The summed E-state index contributed by atoms with van der Waals surface area (Å²) in [6, 6.07) is 10.4. The molecular weight excluding hydrogens is 523 g/mol. The van der Waals surface area contributed by atoms with E-state index in [4.69, 9.17) is 9.73 Å². The molecule has 0 saturated heterocycles. The van der Waals surface area contributed by atoms with Crippen LogP contribution in [0, 0.1) is 29.0 Å². The first-order chi connectivity index (χ1) is 19.7. The predicted octanol–water partition coefficient (Wildman–Crippen LogP) is 4.46. The van der Waals surface area contributed by atoms with E-state index in [0.717, 1.165) is 12.1 Å². The zero-order valence-electron chi connectivity index (χ0n) is 23.7. The number of aryl methyl sites for hydroxylation is 2. The fraction of sp³-hybridized carbons (Fsp3) is 0.433. The number of benzene rings is 2. The van der Waals surface area contributed by atoms with E-state index in [1.165, 1.54) is 30.5 Å². The van der Waals surface area contributed by atoms with Gasteiger partial charge in [-0.15, -0.1) is 10.2 Å². The van der Waals surface area contributed by atoms with E-state index >= 15 is 0 Å². The van der Waals surface area contributed by atoms with Gasteiger partial charge in [0.15, 0.2) is 0 Å². The summed E-state index contributed by atoms with van der Waals surface area (Å²) in [7, 11) is 1.50. The average Bonchev–Trinajstić information content (AvgIpc) is 3.47. The molecule has 11 heteroatoms. The molecule has 2 aromatic heterocycles. The van der Waals surface area contributed by atoms with Crippen LogP contribution in [-0.2, 0) is 13.0 Å². The predicted molar refractivity (Wildman–Crippen MR) is 156 cm³/mol. The van der Waals surface area contributed by atoms with Crippen LogP contribution in [0.4, 0.5) is 10.1 Å². The van der Waals surface area contributed by atoms with Crippen LogP contribution in [0.2, 0.25) is 0 Å². The molecule has 4 aromatic rings. The van der Waals surface area contributed by atoms with E-state index in [2.05, 4.69) is 46.7 Å². The minimum absolute atomic E-state index is 0.176. The number of guanidine groups is 1. The molecule has 2 N–H and O–H groups in total. The summed E-state index contributed by atoms with van der Waals surface area (Å²) in [5.41, 5.74) is 5.26. The maximum Gasteiger partial charge on any atom is 0.261 e. The van der Waals surface area contributed by atoms with Gasteiger partial charge in [0, 0.05) is 18.3 Å². The average molecular weight is 559 g/mol. The number of anilines is 1. The summed E-state index contributed by atoms with van der Waals surface area (Å²) >= 11 is 0. The van der Waals surface area contributed by atoms with Crippen molar-refractivity contribution in [1.82, 2.24) is 24.4 Å². The van der Waals surface area contributed by atoms with Crippen molar-refractivity contribution in [2.24, 2.45) is 28.2 Å². The Labute approximate surface area is 237 Å². The number of ether oxygens (including phenoxy) is 1. The van der Waals surface area contributed by atoms with E-state index < -0.39 is 0 Å². The third-order valence-electron chi connectivity index (χ3n) is 9.23. The van der Waals surface area contributed by atoms with Gasteiger partial charge in [0.05, 0.1) is 30.4 Å². The van der Waals surface area contributed by atoms with Gasteiger partial charge in [-0.3, -0.25) is 14.8 Å². The van der Waals surface area contributed by atoms with Crippen LogP contribution < -0.4 is 21.0 Å². The number of aliphatic imine (C=N–C) groups is 1. The van der Waals surface area contributed by atoms with Crippen LogP contribution in [0.3, 0.4) is 0 Å². The van der Waals surface area contributed by atoms with Gasteiger partial charge < -0.3 is 10.1 Å². The molecule has 41 heavy (non-hydrogen) atoms. The van der Waals surface area contributed by atoms with Gasteiger partial charge in [0.2, 0.25) is 5.96 Å². The molecule has 4 atom stereocenters. The molecule has 2 heterocycles. The molecule has 3 saturated carbocycles. The SMILES string of the molecule is COc1ccc(CCn2cnc3cc(N/C(=N/[C@H]4C[C@@H]5C[C@H]([C@@H]4C)C5(C)C)Nn4cnnc4)ccc3c2=O)c(F)c1. The first-order valence-electron chi connectivity index (χ1n) is 14.0. The van der Waals surface area contributed by atoms with Crippen LogP contribution in [0.25, 0.3) is 10.9 Å². The lowest BCUT2D eigenvalue weighted by molar-refractivity contribution is -0.108. The minimum atomic E-state index is -0.359. The topological polar surface area (TPSA) is 111 Å². The summed E-state index contributed by atoms with van der Waals surface area (Å²) in [4.78, 5) is 22.8. The minimum Gasteiger partial charge on any atom is -0.497 e. The van der Waals surface area contributed by atoms with Crippen molar-refractivity contribution < 1.29 is 9.13 Å². The summed E-state index contributed by atoms with van der Waals surface area (Å²) in [6.45, 7) is 7.37. The third kappa shape index (κ3) is 5.16. The largest absolute Gasteiger partial charge is 0.497 e. The van der Waals surface area contributed by atoms with Crippen molar-refractivity contribution in [3.05, 3.63) is 77.1 Å². The molecule has 3 aliphatic carbocycles. The van der Waals surface area contributed by atoms with E-state index in [0.29, 0.717) is 64.3 Å². The maximum atomic E-state index is 14.4. The molecule has 0 amide bonds. The highest BCUT2D eigenvalue weighted by atomic mass is 19.1. The second-order valence-electron chi connectivity index (χ2n) is 11.8. The van der Waals surface area contributed by atoms with Crippen LogP contribution >= 0.6 is 0 Å². The number of methoxy groups -OCH3 is 1. The quantitative estimate of drug-likeness (QED) is 0.255. The molecule has 2 aromatic carbocycles. The van der Waals surface area contributed by atoms with Gasteiger partial charge in [-0.05, 0) is 72.3 Å². The van der Waals surface area contributed by atoms with Crippen LogP contribution in [0.1, 0.15) is 39.2 Å². The van der Waals surface area contributed by atoms with Crippen molar-refractivity contribution >= 4 is 22.5 Å². The Morgan fingerprint density at radius 2 is 1.95 bits per heavy atom. The second-order valence-corrected chi connectivity index (χ2v) is 11.8. The number of nitrogens with zero attached hydrogens (tertiary/aromatic N) is 6. The second kappa shape index (κ2) is 10.6. The number of rotatable bonds is 7. The molecule has 0 unspecified atom stereocenters. The highest BCUT2D eigenvalue weighted by Gasteiger charge is 2.56. The maximum absolute atomic E-state index is 14.4. The first kappa shape index (κ1) is 26.9. The third-order valence-corrected chi connectivity index (χ3v) is 9.23.